The molecule has 9 nitrogen and oxygen atoms in total. The molecule has 0 saturated carbocycles. The average Bonchev–Trinajstić information content (AvgIpc) is 3.06. The van der Waals surface area contributed by atoms with Crippen LogP contribution in [-0.4, -0.2) is 35.1 Å². The van der Waals surface area contributed by atoms with E-state index in [4.69, 9.17) is 0 Å². The van der Waals surface area contributed by atoms with Gasteiger partial charge in [0.15, 0.2) is 0 Å². The highest BCUT2D eigenvalue weighted by molar-refractivity contribution is 7.15. The Balaban J connectivity index is 2.34. The van der Waals surface area contributed by atoms with E-state index in [0.717, 1.165) is 5.01 Å². The first-order valence-corrected chi connectivity index (χ1v) is 8.38. The van der Waals surface area contributed by atoms with E-state index in [9.17, 15) is 20.2 Å². The second-order valence-electron chi connectivity index (χ2n) is 5.37. The summed E-state index contributed by atoms with van der Waals surface area (Å²) < 4.78 is 0. The van der Waals surface area contributed by atoms with Gasteiger partial charge in [0.25, 0.3) is 11.6 Å². The highest BCUT2D eigenvalue weighted by Gasteiger charge is 2.18. The van der Waals surface area contributed by atoms with Crippen LogP contribution in [-0.2, 0) is 11.2 Å². The van der Waals surface area contributed by atoms with Crippen molar-refractivity contribution in [2.24, 2.45) is 0 Å². The van der Waals surface area contributed by atoms with Gasteiger partial charge in [-0.15, -0.1) is 10.2 Å². The van der Waals surface area contributed by atoms with Gasteiger partial charge in [0.2, 0.25) is 5.13 Å². The SMILES string of the molecule is CCc1nnc(NC(=O)C(C#N)=Cc2ccc(N(C)C)cc2[N+](=O)[O-])s1. The van der Waals surface area contributed by atoms with Crippen molar-refractivity contribution in [3.05, 3.63) is 44.5 Å². The molecule has 1 aromatic heterocycles. The summed E-state index contributed by atoms with van der Waals surface area (Å²) in [6.45, 7) is 1.91. The number of aryl methyl sites for hydroxylation is 1. The molecule has 26 heavy (non-hydrogen) atoms. The Hall–Kier alpha value is -3.32. The van der Waals surface area contributed by atoms with Crippen molar-refractivity contribution in [3.63, 3.8) is 0 Å². The van der Waals surface area contributed by atoms with Crippen LogP contribution in [0.5, 0.6) is 0 Å². The lowest BCUT2D eigenvalue weighted by Gasteiger charge is -2.12. The number of benzene rings is 1. The molecule has 0 unspecified atom stereocenters. The molecule has 1 aromatic carbocycles. The van der Waals surface area contributed by atoms with E-state index >= 15 is 0 Å². The molecule has 0 spiro atoms. The number of aromatic nitrogens is 2. The number of anilines is 2. The van der Waals surface area contributed by atoms with E-state index in [2.05, 4.69) is 15.5 Å². The summed E-state index contributed by atoms with van der Waals surface area (Å²) in [5.74, 6) is -0.697. The summed E-state index contributed by atoms with van der Waals surface area (Å²) >= 11 is 1.20. The predicted molar refractivity (Wildman–Crippen MR) is 98.9 cm³/mol. The van der Waals surface area contributed by atoms with Crippen molar-refractivity contribution >= 4 is 39.8 Å². The minimum Gasteiger partial charge on any atom is -0.377 e. The van der Waals surface area contributed by atoms with Crippen molar-refractivity contribution in [2.75, 3.05) is 24.3 Å². The van der Waals surface area contributed by atoms with Crippen LogP contribution in [0.25, 0.3) is 6.08 Å². The Kier molecular flexibility index (Phi) is 5.98. The average molecular weight is 372 g/mol. The second-order valence-corrected chi connectivity index (χ2v) is 6.44. The molecule has 2 rings (SSSR count). The number of nitrogens with one attached hydrogen (secondary N) is 1. The number of amides is 1. The maximum absolute atomic E-state index is 12.3. The molecule has 10 heteroatoms. The Morgan fingerprint density at radius 1 is 1.46 bits per heavy atom. The lowest BCUT2D eigenvalue weighted by Crippen LogP contribution is -2.13. The van der Waals surface area contributed by atoms with Crippen molar-refractivity contribution in [2.45, 2.75) is 13.3 Å². The van der Waals surface area contributed by atoms with Crippen LogP contribution in [0.4, 0.5) is 16.5 Å². The summed E-state index contributed by atoms with van der Waals surface area (Å²) in [5, 5.41) is 31.8. The monoisotopic (exact) mass is 372 g/mol. The molecule has 1 heterocycles. The number of rotatable bonds is 6. The number of carbonyl (C=O) groups excluding carboxylic acids is 1. The lowest BCUT2D eigenvalue weighted by molar-refractivity contribution is -0.385. The van der Waals surface area contributed by atoms with Gasteiger partial charge in [0.1, 0.15) is 16.6 Å². The van der Waals surface area contributed by atoms with Gasteiger partial charge in [-0.25, -0.2) is 0 Å². The van der Waals surface area contributed by atoms with Gasteiger partial charge in [0, 0.05) is 25.8 Å². The van der Waals surface area contributed by atoms with Gasteiger partial charge in [-0.1, -0.05) is 18.3 Å². The molecule has 0 aliphatic heterocycles. The fourth-order valence-corrected chi connectivity index (χ4v) is 2.68. The fraction of sp³-hybridized carbons (Fsp3) is 0.250. The highest BCUT2D eigenvalue weighted by Crippen LogP contribution is 2.27. The summed E-state index contributed by atoms with van der Waals surface area (Å²) in [4.78, 5) is 24.8. The van der Waals surface area contributed by atoms with Crippen LogP contribution in [0.2, 0.25) is 0 Å². The molecule has 0 bridgehead atoms. The molecular formula is C16H16N6O3S. The third-order valence-corrected chi connectivity index (χ3v) is 4.36. The van der Waals surface area contributed by atoms with Gasteiger partial charge in [-0.2, -0.15) is 5.26 Å². The van der Waals surface area contributed by atoms with Gasteiger partial charge in [0.05, 0.1) is 10.5 Å². The second kappa shape index (κ2) is 8.17. The highest BCUT2D eigenvalue weighted by atomic mass is 32.1. The zero-order chi connectivity index (χ0) is 19.3. The van der Waals surface area contributed by atoms with Gasteiger partial charge < -0.3 is 4.90 Å². The summed E-state index contributed by atoms with van der Waals surface area (Å²) in [6.07, 6.45) is 1.87. The molecule has 0 radical (unpaired) electrons. The lowest BCUT2D eigenvalue weighted by atomic mass is 10.1. The molecule has 1 N–H and O–H groups in total. The topological polar surface area (TPSA) is 125 Å². The molecule has 0 aliphatic rings. The van der Waals surface area contributed by atoms with Crippen LogP contribution in [0.1, 0.15) is 17.5 Å². The van der Waals surface area contributed by atoms with Gasteiger partial charge in [-0.05, 0) is 24.6 Å². The standard InChI is InChI=1S/C16H16N6O3S/c1-4-14-19-20-16(26-14)18-15(23)11(9-17)7-10-5-6-12(21(2)3)8-13(10)22(24)25/h5-8H,4H2,1-3H3,(H,18,20,23). The zero-order valence-electron chi connectivity index (χ0n) is 14.4. The molecule has 0 atom stereocenters. The zero-order valence-corrected chi connectivity index (χ0v) is 15.2. The summed E-state index contributed by atoms with van der Waals surface area (Å²) in [7, 11) is 3.52. The van der Waals surface area contributed by atoms with Crippen molar-refractivity contribution < 1.29 is 9.72 Å². The van der Waals surface area contributed by atoms with E-state index in [1.165, 1.54) is 29.5 Å². The Labute approximate surface area is 153 Å². The van der Waals surface area contributed by atoms with Crippen LogP contribution < -0.4 is 10.2 Å². The number of nitro groups is 1. The molecule has 2 aromatic rings. The first-order chi connectivity index (χ1) is 12.3. The maximum atomic E-state index is 12.3. The largest absolute Gasteiger partial charge is 0.377 e. The van der Waals surface area contributed by atoms with Crippen molar-refractivity contribution in [1.29, 1.82) is 5.26 Å². The van der Waals surface area contributed by atoms with E-state index < -0.39 is 10.8 Å². The van der Waals surface area contributed by atoms with Crippen molar-refractivity contribution in [3.8, 4) is 6.07 Å². The predicted octanol–water partition coefficient (Wildman–Crippen LogP) is 2.62. The molecule has 1 amide bonds. The van der Waals surface area contributed by atoms with Crippen molar-refractivity contribution in [1.82, 2.24) is 10.2 Å². The maximum Gasteiger partial charge on any atom is 0.278 e. The van der Waals surface area contributed by atoms with Crippen LogP contribution in [0, 0.1) is 21.4 Å². The Morgan fingerprint density at radius 2 is 2.19 bits per heavy atom. The van der Waals surface area contributed by atoms with E-state index in [-0.39, 0.29) is 22.0 Å². The Bertz CT molecular complexity index is 913. The quantitative estimate of drug-likeness (QED) is 0.357. The normalized spacial score (nSPS) is 10.9. The fourth-order valence-electron chi connectivity index (χ4n) is 2.01. The minimum atomic E-state index is -0.697. The number of hydrogen-bond acceptors (Lipinski definition) is 8. The molecule has 134 valence electrons. The Morgan fingerprint density at radius 3 is 2.73 bits per heavy atom. The number of nitrogens with zero attached hydrogens (tertiary/aromatic N) is 5. The first kappa shape index (κ1) is 19.0. The number of carbonyl (C=O) groups is 1. The summed E-state index contributed by atoms with van der Waals surface area (Å²) in [6, 6.07) is 6.32. The molecule has 0 aliphatic carbocycles. The third kappa shape index (κ3) is 4.40. The number of nitriles is 1. The summed E-state index contributed by atoms with van der Waals surface area (Å²) in [5.41, 5.74) is 0.344. The van der Waals surface area contributed by atoms with Gasteiger partial charge >= 0.3 is 0 Å². The smallest absolute Gasteiger partial charge is 0.278 e. The van der Waals surface area contributed by atoms with E-state index in [1.807, 2.05) is 6.92 Å². The third-order valence-electron chi connectivity index (χ3n) is 3.38. The van der Waals surface area contributed by atoms with E-state index in [0.29, 0.717) is 12.1 Å². The molecular weight excluding hydrogens is 356 g/mol. The minimum absolute atomic E-state index is 0.166. The number of hydrogen-bond donors (Lipinski definition) is 1. The van der Waals surface area contributed by atoms with Gasteiger partial charge in [-0.3, -0.25) is 20.2 Å². The molecule has 0 saturated heterocycles. The molecule has 0 fully saturated rings. The van der Waals surface area contributed by atoms with Crippen LogP contribution >= 0.6 is 11.3 Å². The van der Waals surface area contributed by atoms with E-state index in [1.54, 1.807) is 31.1 Å². The first-order valence-electron chi connectivity index (χ1n) is 7.57. The number of nitro benzene ring substituents is 1. The van der Waals surface area contributed by atoms with Crippen LogP contribution in [0.3, 0.4) is 0 Å². The van der Waals surface area contributed by atoms with Crippen LogP contribution in [0.15, 0.2) is 23.8 Å².